The highest BCUT2D eigenvalue weighted by Gasteiger charge is 2.15. The Hall–Kier alpha value is -1.33. The molecule has 0 saturated heterocycles. The van der Waals surface area contributed by atoms with Crippen LogP contribution in [-0.4, -0.2) is 6.10 Å². The first kappa shape index (κ1) is 11.7. The van der Waals surface area contributed by atoms with Gasteiger partial charge in [-0.3, -0.25) is 0 Å². The van der Waals surface area contributed by atoms with Crippen molar-refractivity contribution >= 4 is 0 Å². The van der Waals surface area contributed by atoms with Crippen LogP contribution in [0.5, 0.6) is 0 Å². The molecule has 0 aliphatic rings. The molecule has 0 amide bonds. The topological polar surface area (TPSA) is 33.0 Å². The van der Waals surface area contributed by atoms with E-state index < -0.39 is 0 Å². The average Bonchev–Trinajstić information content (AvgIpc) is 2.31. The zero-order chi connectivity index (χ0) is 11.1. The average molecular weight is 203 g/mol. The molecule has 2 heteroatoms. The van der Waals surface area contributed by atoms with E-state index in [-0.39, 0.29) is 6.10 Å². The Morgan fingerprint density at radius 3 is 2.53 bits per heavy atom. The van der Waals surface area contributed by atoms with Crippen LogP contribution in [0.15, 0.2) is 30.3 Å². The smallest absolute Gasteiger partial charge is 0.146 e. The van der Waals surface area contributed by atoms with Crippen molar-refractivity contribution in [1.29, 1.82) is 5.26 Å². The second-order valence-electron chi connectivity index (χ2n) is 3.73. The van der Waals surface area contributed by atoms with E-state index >= 15 is 0 Å². The quantitative estimate of drug-likeness (QED) is 0.736. The van der Waals surface area contributed by atoms with E-state index in [4.69, 9.17) is 10.00 Å². The fraction of sp³-hybridized carbons (Fsp3) is 0.462. The molecular formula is C13H17NO. The van der Waals surface area contributed by atoms with Crippen molar-refractivity contribution in [3.63, 3.8) is 0 Å². The van der Waals surface area contributed by atoms with Crippen LogP contribution in [0.1, 0.15) is 25.8 Å². The van der Waals surface area contributed by atoms with E-state index in [0.29, 0.717) is 12.5 Å². The summed E-state index contributed by atoms with van der Waals surface area (Å²) < 4.78 is 5.57. The van der Waals surface area contributed by atoms with Gasteiger partial charge in [-0.05, 0) is 11.5 Å². The van der Waals surface area contributed by atoms with Gasteiger partial charge in [0.2, 0.25) is 0 Å². The maximum absolute atomic E-state index is 8.93. The Balaban J connectivity index is 2.46. The normalized spacial score (nSPS) is 14.2. The van der Waals surface area contributed by atoms with Crippen molar-refractivity contribution in [2.45, 2.75) is 33.0 Å². The number of rotatable bonds is 5. The molecule has 1 aromatic rings. The molecule has 0 N–H and O–H groups in total. The molecule has 0 spiro atoms. The summed E-state index contributed by atoms with van der Waals surface area (Å²) in [6.45, 7) is 4.63. The first-order valence-corrected chi connectivity index (χ1v) is 5.33. The Morgan fingerprint density at radius 1 is 1.33 bits per heavy atom. The van der Waals surface area contributed by atoms with Gasteiger partial charge in [0.15, 0.2) is 0 Å². The van der Waals surface area contributed by atoms with E-state index in [2.05, 4.69) is 13.0 Å². The Labute approximate surface area is 91.5 Å². The van der Waals surface area contributed by atoms with Gasteiger partial charge < -0.3 is 4.74 Å². The highest BCUT2D eigenvalue weighted by Crippen LogP contribution is 2.13. The predicted octanol–water partition coefficient (Wildman–Crippen LogP) is 3.14. The number of benzene rings is 1. The van der Waals surface area contributed by atoms with E-state index in [1.54, 1.807) is 0 Å². The van der Waals surface area contributed by atoms with Crippen molar-refractivity contribution in [3.8, 4) is 6.07 Å². The van der Waals surface area contributed by atoms with Gasteiger partial charge in [0.25, 0.3) is 0 Å². The van der Waals surface area contributed by atoms with Crippen molar-refractivity contribution in [2.75, 3.05) is 0 Å². The lowest BCUT2D eigenvalue weighted by Crippen LogP contribution is -2.19. The van der Waals surface area contributed by atoms with E-state index in [0.717, 1.165) is 12.0 Å². The lowest BCUT2D eigenvalue weighted by molar-refractivity contribution is 0.0418. The third-order valence-corrected chi connectivity index (χ3v) is 2.56. The standard InChI is InChI=1S/C13H17NO/c1-3-11(2)13(9-14)15-10-12-7-5-4-6-8-12/h4-8,11,13H,3,10H2,1-2H3. The minimum Gasteiger partial charge on any atom is -0.358 e. The molecular weight excluding hydrogens is 186 g/mol. The third kappa shape index (κ3) is 3.73. The molecule has 0 radical (unpaired) electrons. The van der Waals surface area contributed by atoms with Crippen molar-refractivity contribution in [3.05, 3.63) is 35.9 Å². The highest BCUT2D eigenvalue weighted by molar-refractivity contribution is 5.13. The van der Waals surface area contributed by atoms with Crippen LogP contribution in [0, 0.1) is 17.2 Å². The molecule has 2 atom stereocenters. The number of nitriles is 1. The van der Waals surface area contributed by atoms with Gasteiger partial charge in [0.1, 0.15) is 6.10 Å². The molecule has 0 bridgehead atoms. The van der Waals surface area contributed by atoms with Crippen molar-refractivity contribution in [2.24, 2.45) is 5.92 Å². The predicted molar refractivity (Wildman–Crippen MR) is 60.1 cm³/mol. The third-order valence-electron chi connectivity index (χ3n) is 2.56. The molecule has 80 valence electrons. The Bertz CT molecular complexity index is 315. The van der Waals surface area contributed by atoms with Crippen LogP contribution in [0.2, 0.25) is 0 Å². The Morgan fingerprint density at radius 2 is 2.00 bits per heavy atom. The fourth-order valence-electron chi connectivity index (χ4n) is 1.30. The molecule has 1 rings (SSSR count). The lowest BCUT2D eigenvalue weighted by atomic mass is 10.0. The van der Waals surface area contributed by atoms with Crippen molar-refractivity contribution in [1.82, 2.24) is 0 Å². The maximum Gasteiger partial charge on any atom is 0.146 e. The summed E-state index contributed by atoms with van der Waals surface area (Å²) >= 11 is 0. The van der Waals surface area contributed by atoms with Gasteiger partial charge in [-0.25, -0.2) is 0 Å². The van der Waals surface area contributed by atoms with Gasteiger partial charge in [-0.15, -0.1) is 0 Å². The molecule has 2 nitrogen and oxygen atoms in total. The summed E-state index contributed by atoms with van der Waals surface area (Å²) in [5.74, 6) is 0.290. The summed E-state index contributed by atoms with van der Waals surface area (Å²) in [5.41, 5.74) is 1.11. The van der Waals surface area contributed by atoms with E-state index in [1.807, 2.05) is 37.3 Å². The van der Waals surface area contributed by atoms with Crippen LogP contribution in [0.4, 0.5) is 0 Å². The molecule has 0 fully saturated rings. The van der Waals surface area contributed by atoms with Gasteiger partial charge in [-0.1, -0.05) is 50.6 Å². The molecule has 1 aromatic carbocycles. The van der Waals surface area contributed by atoms with E-state index in [9.17, 15) is 0 Å². The highest BCUT2D eigenvalue weighted by atomic mass is 16.5. The summed E-state index contributed by atoms with van der Waals surface area (Å²) in [6.07, 6.45) is 0.669. The molecule has 0 aliphatic carbocycles. The first-order valence-electron chi connectivity index (χ1n) is 5.33. The van der Waals surface area contributed by atoms with Gasteiger partial charge >= 0.3 is 0 Å². The van der Waals surface area contributed by atoms with Crippen molar-refractivity contribution < 1.29 is 4.74 Å². The second-order valence-corrected chi connectivity index (χ2v) is 3.73. The van der Waals surface area contributed by atoms with Gasteiger partial charge in [0, 0.05) is 0 Å². The minimum atomic E-state index is -0.296. The summed E-state index contributed by atoms with van der Waals surface area (Å²) in [6, 6.07) is 12.1. The monoisotopic (exact) mass is 203 g/mol. The summed E-state index contributed by atoms with van der Waals surface area (Å²) in [5, 5.41) is 8.93. The molecule has 0 aromatic heterocycles. The molecule has 0 saturated carbocycles. The van der Waals surface area contributed by atoms with Crippen LogP contribution in [0.3, 0.4) is 0 Å². The van der Waals surface area contributed by atoms with Crippen LogP contribution < -0.4 is 0 Å². The zero-order valence-corrected chi connectivity index (χ0v) is 9.31. The summed E-state index contributed by atoms with van der Waals surface area (Å²) in [7, 11) is 0. The molecule has 15 heavy (non-hydrogen) atoms. The lowest BCUT2D eigenvalue weighted by Gasteiger charge is -2.16. The minimum absolute atomic E-state index is 0.290. The SMILES string of the molecule is CCC(C)C(C#N)OCc1ccccc1. The molecule has 0 heterocycles. The number of hydrogen-bond acceptors (Lipinski definition) is 2. The maximum atomic E-state index is 8.93. The second kappa shape index (κ2) is 6.21. The van der Waals surface area contributed by atoms with Gasteiger partial charge in [-0.2, -0.15) is 5.26 Å². The Kier molecular flexibility index (Phi) is 4.86. The summed E-state index contributed by atoms with van der Waals surface area (Å²) in [4.78, 5) is 0. The first-order chi connectivity index (χ1) is 7.27. The fourth-order valence-corrected chi connectivity index (χ4v) is 1.30. The van der Waals surface area contributed by atoms with Crippen LogP contribution in [-0.2, 0) is 11.3 Å². The molecule has 2 unspecified atom stereocenters. The van der Waals surface area contributed by atoms with E-state index in [1.165, 1.54) is 0 Å². The number of nitrogens with zero attached hydrogens (tertiary/aromatic N) is 1. The number of hydrogen-bond donors (Lipinski definition) is 0. The van der Waals surface area contributed by atoms with Crippen LogP contribution in [0.25, 0.3) is 0 Å². The zero-order valence-electron chi connectivity index (χ0n) is 9.31. The van der Waals surface area contributed by atoms with Crippen LogP contribution >= 0.6 is 0 Å². The number of ether oxygens (including phenoxy) is 1. The largest absolute Gasteiger partial charge is 0.358 e. The van der Waals surface area contributed by atoms with Gasteiger partial charge in [0.05, 0.1) is 12.7 Å². The molecule has 0 aliphatic heterocycles.